The van der Waals surface area contributed by atoms with E-state index in [1.54, 1.807) is 0 Å². The van der Waals surface area contributed by atoms with Crippen molar-refractivity contribution in [3.05, 3.63) is 0 Å². The molecule has 0 unspecified atom stereocenters. The van der Waals surface area contributed by atoms with Crippen LogP contribution in [0.2, 0.25) is 0 Å². The molecule has 0 aromatic heterocycles. The van der Waals surface area contributed by atoms with E-state index < -0.39 is 60.1 Å². The molecule has 1 rings (SSSR count). The zero-order valence-electron chi connectivity index (χ0n) is 19.7. The van der Waals surface area contributed by atoms with Crippen LogP contribution in [0.3, 0.4) is 0 Å². The fourth-order valence-electron chi connectivity index (χ4n) is 3.78. The van der Waals surface area contributed by atoms with Crippen LogP contribution in [-0.4, -0.2) is 76.7 Å². The summed E-state index contributed by atoms with van der Waals surface area (Å²) in [5.74, 6) is -4.50. The van der Waals surface area contributed by atoms with Crippen molar-refractivity contribution in [3.63, 3.8) is 0 Å². The molecule has 192 valence electrons. The molecule has 3 amide bonds. The van der Waals surface area contributed by atoms with Crippen LogP contribution in [0.15, 0.2) is 0 Å². The maximum absolute atomic E-state index is 12.9. The summed E-state index contributed by atoms with van der Waals surface area (Å²) in [6, 6.07) is -1.60. The normalized spacial score (nSPS) is 19.3. The zero-order valence-corrected chi connectivity index (χ0v) is 19.7. The molecule has 1 aliphatic rings. The molecule has 1 aliphatic heterocycles. The number of ketones is 2. The third kappa shape index (κ3) is 11.3. The predicted molar refractivity (Wildman–Crippen MR) is 120 cm³/mol. The second-order valence-corrected chi connectivity index (χ2v) is 9.05. The average Bonchev–Trinajstić information content (AvgIpc) is 3.18. The standard InChI is InChI=1S/C22H36N4O8/c1-12(2)7-13(22(34)25-11-21(32)33)8-18(29)15(3-5-19(23)30)26-20(31)6-4-17(28)16-9-14(27)10-24-16/h12-16,24,27H,3-11H2,1-2H3,(H2,23,30)(H,25,34)(H,26,31)(H,32,33)/t13-,14+,15+,16-/m0/s1. The van der Waals surface area contributed by atoms with Gasteiger partial charge in [-0.1, -0.05) is 13.8 Å². The number of Topliss-reactive ketones (excluding diaryl/α,β-unsaturated/α-hetero) is 2. The Hall–Kier alpha value is -2.86. The number of β-amino-alcohol motifs (C(OH)–C–C–N with tert-alkyl or cyclic N) is 1. The number of hydrogen-bond acceptors (Lipinski definition) is 8. The van der Waals surface area contributed by atoms with Gasteiger partial charge in [-0.3, -0.25) is 28.8 Å². The molecule has 0 aromatic carbocycles. The number of nitrogens with two attached hydrogens (primary N) is 1. The number of rotatable bonds is 16. The molecule has 4 atom stereocenters. The number of aliphatic hydroxyl groups excluding tert-OH is 1. The molecule has 1 fully saturated rings. The highest BCUT2D eigenvalue weighted by Crippen LogP contribution is 2.18. The molecule has 34 heavy (non-hydrogen) atoms. The van der Waals surface area contributed by atoms with E-state index in [4.69, 9.17) is 10.8 Å². The summed E-state index contributed by atoms with van der Waals surface area (Å²) in [7, 11) is 0. The Bertz CT molecular complexity index is 770. The first-order valence-electron chi connectivity index (χ1n) is 11.4. The summed E-state index contributed by atoms with van der Waals surface area (Å²) in [5, 5.41) is 26.0. The van der Waals surface area contributed by atoms with Crippen molar-refractivity contribution >= 4 is 35.3 Å². The molecule has 12 nitrogen and oxygen atoms in total. The first kappa shape index (κ1) is 29.2. The topological polar surface area (TPSA) is 205 Å². The maximum atomic E-state index is 12.9. The third-order valence-corrected chi connectivity index (χ3v) is 5.49. The number of aliphatic hydroxyl groups is 1. The molecule has 0 saturated carbocycles. The van der Waals surface area contributed by atoms with E-state index in [1.807, 2.05) is 13.8 Å². The SMILES string of the molecule is CC(C)C[C@@H](CC(=O)[C@@H](CCC(N)=O)NC(=O)CCC(=O)[C@@H]1C[C@@H](O)CN1)C(=O)NCC(=O)O. The maximum Gasteiger partial charge on any atom is 0.322 e. The lowest BCUT2D eigenvalue weighted by atomic mass is 9.89. The zero-order chi connectivity index (χ0) is 25.8. The number of carboxylic acids is 1. The van der Waals surface area contributed by atoms with Crippen LogP contribution >= 0.6 is 0 Å². The van der Waals surface area contributed by atoms with Crippen LogP contribution in [0.25, 0.3) is 0 Å². The summed E-state index contributed by atoms with van der Waals surface area (Å²) >= 11 is 0. The Kier molecular flexibility index (Phi) is 12.4. The highest BCUT2D eigenvalue weighted by Gasteiger charge is 2.30. The number of nitrogens with one attached hydrogen (secondary N) is 3. The molecule has 0 aromatic rings. The smallest absolute Gasteiger partial charge is 0.322 e. The van der Waals surface area contributed by atoms with Gasteiger partial charge in [-0.2, -0.15) is 0 Å². The molecule has 1 heterocycles. The second-order valence-electron chi connectivity index (χ2n) is 9.05. The van der Waals surface area contributed by atoms with Gasteiger partial charge in [0.05, 0.1) is 18.2 Å². The molecule has 0 spiro atoms. The molecular formula is C22H36N4O8. The first-order chi connectivity index (χ1) is 15.9. The van der Waals surface area contributed by atoms with Crippen LogP contribution < -0.4 is 21.7 Å². The fraction of sp³-hybridized carbons (Fsp3) is 0.727. The van der Waals surface area contributed by atoms with Crippen molar-refractivity contribution in [2.45, 2.75) is 77.0 Å². The number of carbonyl (C=O) groups excluding carboxylic acids is 5. The van der Waals surface area contributed by atoms with Crippen LogP contribution in [0.1, 0.15) is 58.8 Å². The van der Waals surface area contributed by atoms with E-state index in [0.717, 1.165) is 0 Å². The van der Waals surface area contributed by atoms with Gasteiger partial charge in [0.2, 0.25) is 17.7 Å². The van der Waals surface area contributed by atoms with Crippen LogP contribution in [0.5, 0.6) is 0 Å². The van der Waals surface area contributed by atoms with E-state index in [1.165, 1.54) is 0 Å². The largest absolute Gasteiger partial charge is 0.480 e. The average molecular weight is 485 g/mol. The van der Waals surface area contributed by atoms with Gasteiger partial charge in [0, 0.05) is 38.1 Å². The number of amides is 3. The van der Waals surface area contributed by atoms with Crippen LogP contribution in [0.4, 0.5) is 0 Å². The molecule has 0 radical (unpaired) electrons. The van der Waals surface area contributed by atoms with E-state index in [9.17, 15) is 33.9 Å². The minimum absolute atomic E-state index is 0.0424. The summed E-state index contributed by atoms with van der Waals surface area (Å²) in [5.41, 5.74) is 5.18. The highest BCUT2D eigenvalue weighted by molar-refractivity contribution is 5.94. The van der Waals surface area contributed by atoms with Crippen molar-refractivity contribution in [2.75, 3.05) is 13.1 Å². The van der Waals surface area contributed by atoms with Gasteiger partial charge < -0.3 is 31.9 Å². The van der Waals surface area contributed by atoms with Gasteiger partial charge in [0.15, 0.2) is 5.78 Å². The lowest BCUT2D eigenvalue weighted by Crippen LogP contribution is -2.44. The Morgan fingerprint density at radius 1 is 1.09 bits per heavy atom. The predicted octanol–water partition coefficient (Wildman–Crippen LogP) is -1.37. The van der Waals surface area contributed by atoms with Gasteiger partial charge in [0.1, 0.15) is 12.3 Å². The van der Waals surface area contributed by atoms with E-state index in [0.29, 0.717) is 13.0 Å². The lowest BCUT2D eigenvalue weighted by molar-refractivity contribution is -0.139. The van der Waals surface area contributed by atoms with Crippen LogP contribution in [-0.2, 0) is 28.8 Å². The van der Waals surface area contributed by atoms with Crippen molar-refractivity contribution in [3.8, 4) is 0 Å². The summed E-state index contributed by atoms with van der Waals surface area (Å²) in [6.45, 7) is 3.43. The number of aliphatic carboxylic acids is 1. The minimum Gasteiger partial charge on any atom is -0.480 e. The van der Waals surface area contributed by atoms with Gasteiger partial charge in [-0.25, -0.2) is 0 Å². The number of carbonyl (C=O) groups is 6. The molecule has 0 aliphatic carbocycles. The summed E-state index contributed by atoms with van der Waals surface area (Å²) < 4.78 is 0. The van der Waals surface area contributed by atoms with Crippen molar-refractivity contribution < 1.29 is 39.0 Å². The highest BCUT2D eigenvalue weighted by atomic mass is 16.4. The Labute approximate surface area is 198 Å². The third-order valence-electron chi connectivity index (χ3n) is 5.49. The monoisotopic (exact) mass is 484 g/mol. The van der Waals surface area contributed by atoms with Gasteiger partial charge in [0.25, 0.3) is 0 Å². The number of primary amides is 1. The molecule has 7 N–H and O–H groups in total. The fourth-order valence-corrected chi connectivity index (χ4v) is 3.78. The Balaban J connectivity index is 2.76. The lowest BCUT2D eigenvalue weighted by Gasteiger charge is -2.22. The van der Waals surface area contributed by atoms with Crippen molar-refractivity contribution in [1.82, 2.24) is 16.0 Å². The molecule has 12 heteroatoms. The van der Waals surface area contributed by atoms with Crippen LogP contribution in [0, 0.1) is 11.8 Å². The van der Waals surface area contributed by atoms with E-state index >= 15 is 0 Å². The minimum atomic E-state index is -1.22. The van der Waals surface area contributed by atoms with E-state index in [-0.39, 0.29) is 50.2 Å². The van der Waals surface area contributed by atoms with Crippen molar-refractivity contribution in [1.29, 1.82) is 0 Å². The van der Waals surface area contributed by atoms with Crippen molar-refractivity contribution in [2.24, 2.45) is 17.6 Å². The Morgan fingerprint density at radius 3 is 2.29 bits per heavy atom. The molecule has 1 saturated heterocycles. The first-order valence-corrected chi connectivity index (χ1v) is 11.4. The van der Waals surface area contributed by atoms with E-state index in [2.05, 4.69) is 16.0 Å². The summed E-state index contributed by atoms with van der Waals surface area (Å²) in [6.07, 6.45) is -0.748. The Morgan fingerprint density at radius 2 is 1.76 bits per heavy atom. The van der Waals surface area contributed by atoms with Gasteiger partial charge >= 0.3 is 5.97 Å². The van der Waals surface area contributed by atoms with Gasteiger partial charge in [-0.15, -0.1) is 0 Å². The quantitative estimate of drug-likeness (QED) is 0.153. The summed E-state index contributed by atoms with van der Waals surface area (Å²) in [4.78, 5) is 71.9. The number of hydrogen-bond donors (Lipinski definition) is 6. The molecule has 0 bridgehead atoms. The second kappa shape index (κ2) is 14.4. The molecular weight excluding hydrogens is 448 g/mol. The van der Waals surface area contributed by atoms with Gasteiger partial charge in [-0.05, 0) is 25.2 Å². The number of carboxylic acid groups (broad SMARTS) is 1.